The summed E-state index contributed by atoms with van der Waals surface area (Å²) in [6.07, 6.45) is 1.41. The molecule has 17 heavy (non-hydrogen) atoms. The number of aryl methyl sites for hydroxylation is 1. The molecule has 0 unspecified atom stereocenters. The second kappa shape index (κ2) is 5.61. The van der Waals surface area contributed by atoms with Gasteiger partial charge in [-0.3, -0.25) is 4.79 Å². The second-order valence-corrected chi connectivity index (χ2v) is 5.60. The number of ketones is 1. The quantitative estimate of drug-likeness (QED) is 0.752. The van der Waals surface area contributed by atoms with E-state index in [2.05, 4.69) is 27.4 Å². The fraction of sp³-hybridized carbons (Fsp3) is 0.214. The fourth-order valence-electron chi connectivity index (χ4n) is 1.74. The minimum Gasteiger partial charge on any atom is -0.294 e. The lowest BCUT2D eigenvalue weighted by atomic mass is 10.0. The topological polar surface area (TPSA) is 17.1 Å². The first kappa shape index (κ1) is 12.5. The molecule has 3 heteroatoms. The first-order chi connectivity index (χ1) is 8.18. The predicted molar refractivity (Wildman–Crippen MR) is 75.8 cm³/mol. The third kappa shape index (κ3) is 3.05. The molecule has 0 N–H and O–H groups in total. The van der Waals surface area contributed by atoms with Crippen LogP contribution in [0.15, 0.2) is 39.5 Å². The number of rotatable bonds is 4. The average molecular weight is 309 g/mol. The normalized spacial score (nSPS) is 10.5. The molecule has 0 atom stereocenters. The van der Waals surface area contributed by atoms with Crippen molar-refractivity contribution in [1.82, 2.24) is 0 Å². The fourth-order valence-corrected chi connectivity index (χ4v) is 2.81. The van der Waals surface area contributed by atoms with Gasteiger partial charge >= 0.3 is 0 Å². The summed E-state index contributed by atoms with van der Waals surface area (Å²) in [4.78, 5) is 12.1. The molecule has 2 rings (SSSR count). The van der Waals surface area contributed by atoms with Gasteiger partial charge in [0.2, 0.25) is 0 Å². The smallest absolute Gasteiger partial charge is 0.163 e. The van der Waals surface area contributed by atoms with Crippen LogP contribution in [0.2, 0.25) is 0 Å². The van der Waals surface area contributed by atoms with Gasteiger partial charge in [0.1, 0.15) is 0 Å². The number of Topliss-reactive ketones (excluding diaryl/α,β-unsaturated/α-hetero) is 1. The van der Waals surface area contributed by atoms with E-state index >= 15 is 0 Å². The van der Waals surface area contributed by atoms with Gasteiger partial charge in [0.25, 0.3) is 0 Å². The van der Waals surface area contributed by atoms with E-state index in [0.717, 1.165) is 22.0 Å². The van der Waals surface area contributed by atoms with Crippen LogP contribution >= 0.6 is 27.3 Å². The Morgan fingerprint density at radius 2 is 2.18 bits per heavy atom. The van der Waals surface area contributed by atoms with E-state index in [-0.39, 0.29) is 5.78 Å². The van der Waals surface area contributed by atoms with Crippen molar-refractivity contribution in [3.63, 3.8) is 0 Å². The minimum atomic E-state index is 0.218. The largest absolute Gasteiger partial charge is 0.294 e. The molecular formula is C14H13BrOS. The first-order valence-corrected chi connectivity index (χ1v) is 7.21. The van der Waals surface area contributed by atoms with Crippen molar-refractivity contribution in [3.05, 3.63) is 56.2 Å². The maximum atomic E-state index is 12.1. The molecule has 0 fully saturated rings. The van der Waals surface area contributed by atoms with Crippen LogP contribution in [0, 0.1) is 6.92 Å². The lowest BCUT2D eigenvalue weighted by molar-refractivity contribution is 0.0982. The Hall–Kier alpha value is -0.930. The molecule has 1 nitrogen and oxygen atoms in total. The third-order valence-corrected chi connectivity index (χ3v) is 4.38. The number of hydrogen-bond acceptors (Lipinski definition) is 2. The SMILES string of the molecule is Cc1c(Br)cccc1C(=O)CCc1ccsc1. The van der Waals surface area contributed by atoms with Gasteiger partial charge in [-0.15, -0.1) is 0 Å². The number of halogens is 1. The van der Waals surface area contributed by atoms with Gasteiger partial charge in [0, 0.05) is 16.5 Å². The molecule has 1 aromatic heterocycles. The van der Waals surface area contributed by atoms with Crippen LogP contribution in [0.4, 0.5) is 0 Å². The van der Waals surface area contributed by atoms with E-state index in [1.54, 1.807) is 11.3 Å². The summed E-state index contributed by atoms with van der Waals surface area (Å²) >= 11 is 5.13. The number of hydrogen-bond donors (Lipinski definition) is 0. The van der Waals surface area contributed by atoms with Crippen molar-refractivity contribution >= 4 is 33.0 Å². The van der Waals surface area contributed by atoms with Crippen LogP contribution in [0.1, 0.15) is 27.9 Å². The van der Waals surface area contributed by atoms with Gasteiger partial charge in [-0.25, -0.2) is 0 Å². The standard InChI is InChI=1S/C14H13BrOS/c1-10-12(3-2-4-13(10)15)14(16)6-5-11-7-8-17-9-11/h2-4,7-9H,5-6H2,1H3. The van der Waals surface area contributed by atoms with Gasteiger partial charge in [-0.2, -0.15) is 11.3 Å². The van der Waals surface area contributed by atoms with Crippen LogP contribution < -0.4 is 0 Å². The number of carbonyl (C=O) groups excluding carboxylic acids is 1. The predicted octanol–water partition coefficient (Wildman–Crippen LogP) is 4.63. The molecule has 0 spiro atoms. The van der Waals surface area contributed by atoms with Crippen LogP contribution in [0.25, 0.3) is 0 Å². The Bertz CT molecular complexity index is 517. The number of carbonyl (C=O) groups is 1. The van der Waals surface area contributed by atoms with Crippen LogP contribution in [0.3, 0.4) is 0 Å². The summed E-state index contributed by atoms with van der Waals surface area (Å²) in [5.41, 5.74) is 3.11. The highest BCUT2D eigenvalue weighted by Gasteiger charge is 2.10. The van der Waals surface area contributed by atoms with Crippen LogP contribution in [-0.2, 0) is 6.42 Å². The van der Waals surface area contributed by atoms with Gasteiger partial charge in [0.05, 0.1) is 0 Å². The molecule has 0 radical (unpaired) electrons. The number of benzene rings is 1. The Kier molecular flexibility index (Phi) is 4.13. The van der Waals surface area contributed by atoms with Crippen molar-refractivity contribution in [2.75, 3.05) is 0 Å². The Morgan fingerprint density at radius 1 is 1.35 bits per heavy atom. The van der Waals surface area contributed by atoms with Crippen molar-refractivity contribution < 1.29 is 4.79 Å². The lowest BCUT2D eigenvalue weighted by Crippen LogP contribution is -2.03. The second-order valence-electron chi connectivity index (χ2n) is 3.97. The maximum absolute atomic E-state index is 12.1. The van der Waals surface area contributed by atoms with E-state index in [4.69, 9.17) is 0 Å². The summed E-state index contributed by atoms with van der Waals surface area (Å²) in [5.74, 6) is 0.218. The highest BCUT2D eigenvalue weighted by molar-refractivity contribution is 9.10. The molecule has 0 aliphatic rings. The van der Waals surface area contributed by atoms with Crippen molar-refractivity contribution in [3.8, 4) is 0 Å². The van der Waals surface area contributed by atoms with Crippen molar-refractivity contribution in [2.24, 2.45) is 0 Å². The molecule has 88 valence electrons. The summed E-state index contributed by atoms with van der Waals surface area (Å²) < 4.78 is 0.999. The van der Waals surface area contributed by atoms with E-state index in [9.17, 15) is 4.79 Å². The Morgan fingerprint density at radius 3 is 2.88 bits per heavy atom. The van der Waals surface area contributed by atoms with Gasteiger partial charge in [-0.1, -0.05) is 28.1 Å². The molecule has 1 heterocycles. The van der Waals surface area contributed by atoms with Crippen molar-refractivity contribution in [2.45, 2.75) is 19.8 Å². The molecule has 0 aliphatic carbocycles. The molecule has 0 bridgehead atoms. The highest BCUT2D eigenvalue weighted by Crippen LogP contribution is 2.21. The third-order valence-electron chi connectivity index (χ3n) is 2.79. The molecule has 0 saturated carbocycles. The monoisotopic (exact) mass is 308 g/mol. The molecule has 0 amide bonds. The maximum Gasteiger partial charge on any atom is 0.163 e. The summed E-state index contributed by atoms with van der Waals surface area (Å²) in [6.45, 7) is 1.97. The zero-order valence-electron chi connectivity index (χ0n) is 9.57. The molecule has 1 aromatic carbocycles. The first-order valence-electron chi connectivity index (χ1n) is 5.48. The minimum absolute atomic E-state index is 0.218. The van der Waals surface area contributed by atoms with E-state index in [1.165, 1.54) is 5.56 Å². The number of thiophene rings is 1. The molecule has 2 aromatic rings. The average Bonchev–Trinajstić information content (AvgIpc) is 2.82. The Labute approximate surface area is 114 Å². The summed E-state index contributed by atoms with van der Waals surface area (Å²) in [7, 11) is 0. The van der Waals surface area contributed by atoms with Gasteiger partial charge in [-0.05, 0) is 47.4 Å². The lowest BCUT2D eigenvalue weighted by Gasteiger charge is -2.06. The summed E-state index contributed by atoms with van der Waals surface area (Å²) in [5, 5.41) is 4.14. The summed E-state index contributed by atoms with van der Waals surface area (Å²) in [6, 6.07) is 7.85. The van der Waals surface area contributed by atoms with Gasteiger partial charge in [0.15, 0.2) is 5.78 Å². The van der Waals surface area contributed by atoms with Crippen molar-refractivity contribution in [1.29, 1.82) is 0 Å². The zero-order chi connectivity index (χ0) is 12.3. The van der Waals surface area contributed by atoms with Crippen LogP contribution in [0.5, 0.6) is 0 Å². The molecule has 0 saturated heterocycles. The van der Waals surface area contributed by atoms with Gasteiger partial charge < -0.3 is 0 Å². The van der Waals surface area contributed by atoms with E-state index in [0.29, 0.717) is 6.42 Å². The Balaban J connectivity index is 2.07. The zero-order valence-corrected chi connectivity index (χ0v) is 12.0. The van der Waals surface area contributed by atoms with Crippen LogP contribution in [-0.4, -0.2) is 5.78 Å². The molecular weight excluding hydrogens is 296 g/mol. The van der Waals surface area contributed by atoms with E-state index in [1.807, 2.05) is 30.5 Å². The molecule has 0 aliphatic heterocycles. The van der Waals surface area contributed by atoms with E-state index < -0.39 is 0 Å². The highest BCUT2D eigenvalue weighted by atomic mass is 79.9.